The molecule has 0 bridgehead atoms. The minimum Gasteiger partial charge on any atom is -0.296 e. The predicted octanol–water partition coefficient (Wildman–Crippen LogP) is 6.79. The van der Waals surface area contributed by atoms with Crippen LogP contribution in [0.15, 0.2) is 17.6 Å². The number of nitrogens with one attached hydrogen (secondary N) is 1. The Kier molecular flexibility index (Phi) is 5.56. The van der Waals surface area contributed by atoms with Crippen molar-refractivity contribution in [3.8, 4) is 11.3 Å². The zero-order valence-corrected chi connectivity index (χ0v) is 16.7. The molecule has 0 spiro atoms. The van der Waals surface area contributed by atoms with E-state index in [4.69, 9.17) is 58.0 Å². The summed E-state index contributed by atoms with van der Waals surface area (Å²) in [6.07, 6.45) is 1.26. The predicted molar refractivity (Wildman–Crippen MR) is 103 cm³/mol. The molecule has 0 unspecified atom stereocenters. The molecule has 11 heteroatoms. The van der Waals surface area contributed by atoms with Crippen LogP contribution in [-0.2, 0) is 0 Å². The molecular formula is C13H4Cl5N3OS2. The van der Waals surface area contributed by atoms with Crippen molar-refractivity contribution in [2.24, 2.45) is 0 Å². The number of thiophene rings is 1. The van der Waals surface area contributed by atoms with E-state index >= 15 is 0 Å². The van der Waals surface area contributed by atoms with Crippen LogP contribution in [-0.4, -0.2) is 15.9 Å². The molecule has 4 nitrogen and oxygen atoms in total. The molecule has 3 aromatic rings. The fourth-order valence-corrected chi connectivity index (χ4v) is 4.48. The van der Waals surface area contributed by atoms with E-state index in [-0.39, 0.29) is 20.8 Å². The highest BCUT2D eigenvalue weighted by molar-refractivity contribution is 7.20. The summed E-state index contributed by atoms with van der Waals surface area (Å²) >= 11 is 32.2. The van der Waals surface area contributed by atoms with Crippen molar-refractivity contribution in [3.05, 3.63) is 47.1 Å². The van der Waals surface area contributed by atoms with E-state index in [9.17, 15) is 4.79 Å². The Morgan fingerprint density at radius 2 is 1.88 bits per heavy atom. The number of amides is 1. The summed E-state index contributed by atoms with van der Waals surface area (Å²) in [5.41, 5.74) is 1.27. The van der Waals surface area contributed by atoms with E-state index in [1.165, 1.54) is 28.9 Å². The Balaban J connectivity index is 1.84. The summed E-state index contributed by atoms with van der Waals surface area (Å²) in [6, 6.07) is 1.71. The van der Waals surface area contributed by atoms with Crippen LogP contribution in [0.2, 0.25) is 23.7 Å². The van der Waals surface area contributed by atoms with Crippen LogP contribution in [0.4, 0.5) is 5.13 Å². The van der Waals surface area contributed by atoms with Crippen LogP contribution in [0.25, 0.3) is 11.3 Å². The lowest BCUT2D eigenvalue weighted by Gasteiger charge is -2.05. The number of hydrogen-bond donors (Lipinski definition) is 1. The van der Waals surface area contributed by atoms with E-state index in [2.05, 4.69) is 15.3 Å². The molecule has 0 aliphatic heterocycles. The van der Waals surface area contributed by atoms with Gasteiger partial charge in [0.2, 0.25) is 0 Å². The molecule has 0 aliphatic rings. The smallest absolute Gasteiger partial charge is 0.277 e. The van der Waals surface area contributed by atoms with Gasteiger partial charge in [-0.15, -0.1) is 22.7 Å². The second kappa shape index (κ2) is 7.33. The van der Waals surface area contributed by atoms with Crippen LogP contribution >= 0.6 is 80.7 Å². The molecule has 24 heavy (non-hydrogen) atoms. The summed E-state index contributed by atoms with van der Waals surface area (Å²) in [5, 5.41) is 4.93. The number of rotatable bonds is 3. The number of aromatic nitrogens is 2. The largest absolute Gasteiger partial charge is 0.296 e. The maximum atomic E-state index is 12.3. The zero-order chi connectivity index (χ0) is 17.4. The molecule has 0 radical (unpaired) electrons. The van der Waals surface area contributed by atoms with Crippen LogP contribution in [0.3, 0.4) is 0 Å². The van der Waals surface area contributed by atoms with Gasteiger partial charge in [-0.25, -0.2) is 9.97 Å². The molecule has 0 saturated heterocycles. The standard InChI is InChI=1S/C13H4Cl5N3OS2/c14-5-2-19-10(9(17)8(5)16)12(22)21-13-20-6(3-23-13)4-1-7(15)24-11(4)18/h1-3H,(H,20,21,22). The summed E-state index contributed by atoms with van der Waals surface area (Å²) in [6.45, 7) is 0. The van der Waals surface area contributed by atoms with Gasteiger partial charge < -0.3 is 0 Å². The van der Waals surface area contributed by atoms with Gasteiger partial charge in [0.1, 0.15) is 10.0 Å². The lowest BCUT2D eigenvalue weighted by atomic mass is 10.3. The van der Waals surface area contributed by atoms with Crippen molar-refractivity contribution in [1.29, 1.82) is 0 Å². The molecule has 0 fully saturated rings. The van der Waals surface area contributed by atoms with Gasteiger partial charge in [-0.3, -0.25) is 10.1 Å². The first-order chi connectivity index (χ1) is 11.4. The lowest BCUT2D eigenvalue weighted by Crippen LogP contribution is -2.14. The van der Waals surface area contributed by atoms with Crippen LogP contribution < -0.4 is 5.32 Å². The molecule has 0 aromatic carbocycles. The number of thiazole rings is 1. The summed E-state index contributed by atoms with van der Waals surface area (Å²) in [7, 11) is 0. The molecule has 0 atom stereocenters. The minimum absolute atomic E-state index is 0.0221. The van der Waals surface area contributed by atoms with Crippen LogP contribution in [0, 0.1) is 0 Å². The Morgan fingerprint density at radius 3 is 2.54 bits per heavy atom. The third kappa shape index (κ3) is 3.65. The summed E-state index contributed by atoms with van der Waals surface area (Å²) in [4.78, 5) is 20.5. The average molecular weight is 460 g/mol. The van der Waals surface area contributed by atoms with E-state index < -0.39 is 5.91 Å². The maximum Gasteiger partial charge on any atom is 0.277 e. The Bertz CT molecular complexity index is 940. The SMILES string of the molecule is O=C(Nc1nc(-c2cc(Cl)sc2Cl)cs1)c1ncc(Cl)c(Cl)c1Cl. The molecule has 0 aliphatic carbocycles. The normalized spacial score (nSPS) is 10.9. The van der Waals surface area contributed by atoms with E-state index in [1.807, 2.05) is 0 Å². The first-order valence-corrected chi connectivity index (χ1v) is 9.67. The second-order valence-corrected chi connectivity index (χ2v) is 8.62. The third-order valence-corrected chi connectivity index (χ3v) is 6.28. The average Bonchev–Trinajstić information content (AvgIpc) is 3.11. The van der Waals surface area contributed by atoms with Gasteiger partial charge in [0.25, 0.3) is 5.91 Å². The number of pyridine rings is 1. The van der Waals surface area contributed by atoms with E-state index in [1.54, 1.807) is 11.4 Å². The quantitative estimate of drug-likeness (QED) is 0.469. The number of carbonyl (C=O) groups is 1. The van der Waals surface area contributed by atoms with Gasteiger partial charge in [0, 0.05) is 17.1 Å². The molecule has 1 N–H and O–H groups in total. The minimum atomic E-state index is -0.547. The number of carbonyl (C=O) groups excluding carboxylic acids is 1. The van der Waals surface area contributed by atoms with Crippen LogP contribution in [0.5, 0.6) is 0 Å². The maximum absolute atomic E-state index is 12.3. The molecule has 3 aromatic heterocycles. The van der Waals surface area contributed by atoms with Crippen molar-refractivity contribution in [2.75, 3.05) is 5.32 Å². The number of halogens is 5. The molecular weight excluding hydrogens is 456 g/mol. The topological polar surface area (TPSA) is 54.9 Å². The molecule has 3 rings (SSSR count). The zero-order valence-electron chi connectivity index (χ0n) is 11.2. The second-order valence-electron chi connectivity index (χ2n) is 4.31. The van der Waals surface area contributed by atoms with Gasteiger partial charge in [-0.05, 0) is 6.07 Å². The van der Waals surface area contributed by atoms with Crippen molar-refractivity contribution in [3.63, 3.8) is 0 Å². The van der Waals surface area contributed by atoms with E-state index in [0.717, 1.165) is 0 Å². The summed E-state index contributed by atoms with van der Waals surface area (Å²) in [5.74, 6) is -0.547. The summed E-state index contributed by atoms with van der Waals surface area (Å²) < 4.78 is 1.08. The highest BCUT2D eigenvalue weighted by Crippen LogP contribution is 2.39. The monoisotopic (exact) mass is 457 g/mol. The van der Waals surface area contributed by atoms with Crippen molar-refractivity contribution >= 4 is 91.7 Å². The lowest BCUT2D eigenvalue weighted by molar-refractivity contribution is 0.102. The number of nitrogens with zero attached hydrogens (tertiary/aromatic N) is 2. The fourth-order valence-electron chi connectivity index (χ4n) is 1.73. The Hall–Kier alpha value is -0.600. The highest BCUT2D eigenvalue weighted by Gasteiger charge is 2.19. The molecule has 1 amide bonds. The van der Waals surface area contributed by atoms with Crippen molar-refractivity contribution in [2.45, 2.75) is 0 Å². The van der Waals surface area contributed by atoms with Crippen molar-refractivity contribution in [1.82, 2.24) is 9.97 Å². The highest BCUT2D eigenvalue weighted by atomic mass is 35.5. The van der Waals surface area contributed by atoms with Gasteiger partial charge in [-0.1, -0.05) is 58.0 Å². The fraction of sp³-hybridized carbons (Fsp3) is 0. The Morgan fingerprint density at radius 1 is 1.12 bits per heavy atom. The first kappa shape index (κ1) is 18.2. The van der Waals surface area contributed by atoms with Crippen molar-refractivity contribution < 1.29 is 4.79 Å². The first-order valence-electron chi connectivity index (χ1n) is 6.08. The molecule has 124 valence electrons. The van der Waals surface area contributed by atoms with Gasteiger partial charge in [0.15, 0.2) is 5.13 Å². The number of anilines is 1. The van der Waals surface area contributed by atoms with Crippen LogP contribution in [0.1, 0.15) is 10.5 Å². The molecule has 3 heterocycles. The third-order valence-electron chi connectivity index (χ3n) is 2.79. The van der Waals surface area contributed by atoms with Gasteiger partial charge in [0.05, 0.1) is 25.1 Å². The van der Waals surface area contributed by atoms with E-state index in [0.29, 0.717) is 25.1 Å². The van der Waals surface area contributed by atoms with Gasteiger partial charge >= 0.3 is 0 Å². The molecule has 0 saturated carbocycles. The number of hydrogen-bond acceptors (Lipinski definition) is 5. The van der Waals surface area contributed by atoms with Gasteiger partial charge in [-0.2, -0.15) is 0 Å². The Labute approximate surface area is 169 Å².